The Labute approximate surface area is 117 Å². The number of anilines is 1. The molecule has 8 heteroatoms. The van der Waals surface area contributed by atoms with E-state index in [0.29, 0.717) is 0 Å². The molecular weight excluding hydrogens is 286 g/mol. The number of esters is 1. The van der Waals surface area contributed by atoms with E-state index in [1.54, 1.807) is 0 Å². The van der Waals surface area contributed by atoms with Crippen molar-refractivity contribution in [2.45, 2.75) is 0 Å². The molecule has 0 aliphatic rings. The number of aromatic nitrogens is 1. The first-order valence-electron chi connectivity index (χ1n) is 5.84. The molecule has 2 rings (SSSR count). The van der Waals surface area contributed by atoms with Crippen LogP contribution in [0.4, 0.5) is 14.5 Å². The predicted octanol–water partition coefficient (Wildman–Crippen LogP) is 1.64. The van der Waals surface area contributed by atoms with E-state index in [4.69, 9.17) is 4.74 Å². The molecule has 0 spiro atoms. The second kappa shape index (κ2) is 5.39. The van der Waals surface area contributed by atoms with Crippen LogP contribution in [0, 0.1) is 11.6 Å². The Hall–Kier alpha value is -2.64. The van der Waals surface area contributed by atoms with Crippen LogP contribution in [-0.4, -0.2) is 32.2 Å². The number of hydrogen-bond acceptors (Lipinski definition) is 5. The second-order valence-electron chi connectivity index (χ2n) is 4.06. The standard InChI is InChI=1S/C13H12F2N2O4/c1-16-9-6-10(12(20-2)8(15)7(9)14)17-4-5(11(6)18)13(19)21-3/h4,16H,1-3H3,(H,17,18). The Morgan fingerprint density at radius 2 is 1.95 bits per heavy atom. The van der Waals surface area contributed by atoms with E-state index >= 15 is 0 Å². The van der Waals surface area contributed by atoms with Gasteiger partial charge in [0.1, 0.15) is 5.56 Å². The lowest BCUT2D eigenvalue weighted by Crippen LogP contribution is -2.19. The van der Waals surface area contributed by atoms with Gasteiger partial charge in [0, 0.05) is 13.2 Å². The number of hydrogen-bond donors (Lipinski definition) is 2. The van der Waals surface area contributed by atoms with Crippen molar-refractivity contribution in [1.82, 2.24) is 4.98 Å². The Morgan fingerprint density at radius 1 is 1.29 bits per heavy atom. The number of ether oxygens (including phenoxy) is 2. The van der Waals surface area contributed by atoms with Gasteiger partial charge in [0.15, 0.2) is 11.6 Å². The van der Waals surface area contributed by atoms with Gasteiger partial charge in [-0.1, -0.05) is 0 Å². The molecule has 1 aromatic carbocycles. The van der Waals surface area contributed by atoms with Crippen LogP contribution in [0.25, 0.3) is 10.9 Å². The van der Waals surface area contributed by atoms with Crippen molar-refractivity contribution in [3.05, 3.63) is 33.6 Å². The van der Waals surface area contributed by atoms with Crippen molar-refractivity contribution >= 4 is 22.6 Å². The fourth-order valence-corrected chi connectivity index (χ4v) is 2.06. The van der Waals surface area contributed by atoms with Gasteiger partial charge in [-0.2, -0.15) is 4.39 Å². The number of halogens is 2. The number of benzene rings is 1. The summed E-state index contributed by atoms with van der Waals surface area (Å²) in [6.45, 7) is 0. The molecule has 0 radical (unpaired) electrons. The van der Waals surface area contributed by atoms with Crippen LogP contribution in [0.5, 0.6) is 5.75 Å². The maximum absolute atomic E-state index is 14.0. The molecule has 0 saturated heterocycles. The summed E-state index contributed by atoms with van der Waals surface area (Å²) in [6, 6.07) is 0. The minimum Gasteiger partial charge on any atom is -0.491 e. The largest absolute Gasteiger partial charge is 0.491 e. The SMILES string of the molecule is CNc1c(F)c(F)c(OC)c2[nH]cc(C(=O)OC)c(=O)c12. The van der Waals surface area contributed by atoms with Gasteiger partial charge in [-0.15, -0.1) is 0 Å². The summed E-state index contributed by atoms with van der Waals surface area (Å²) in [5.41, 5.74) is -1.54. The predicted molar refractivity (Wildman–Crippen MR) is 71.9 cm³/mol. The quantitative estimate of drug-likeness (QED) is 0.842. The molecule has 0 atom stereocenters. The molecule has 0 saturated carbocycles. The average molecular weight is 298 g/mol. The number of nitrogens with one attached hydrogen (secondary N) is 2. The molecule has 0 fully saturated rings. The third-order valence-corrected chi connectivity index (χ3v) is 3.03. The van der Waals surface area contributed by atoms with Gasteiger partial charge in [-0.3, -0.25) is 4.79 Å². The fourth-order valence-electron chi connectivity index (χ4n) is 2.06. The molecule has 0 amide bonds. The number of carbonyl (C=O) groups excluding carboxylic acids is 1. The maximum Gasteiger partial charge on any atom is 0.343 e. The van der Waals surface area contributed by atoms with Crippen molar-refractivity contribution in [1.29, 1.82) is 0 Å². The summed E-state index contributed by atoms with van der Waals surface area (Å²) in [5.74, 6) is -3.84. The van der Waals surface area contributed by atoms with Crippen molar-refractivity contribution in [3.8, 4) is 5.75 Å². The maximum atomic E-state index is 14.0. The Morgan fingerprint density at radius 3 is 2.48 bits per heavy atom. The van der Waals surface area contributed by atoms with Gasteiger partial charge in [-0.25, -0.2) is 9.18 Å². The molecular formula is C13H12F2N2O4. The molecule has 2 aromatic rings. The Bertz CT molecular complexity index is 786. The van der Waals surface area contributed by atoms with Crippen LogP contribution in [0.2, 0.25) is 0 Å². The number of aromatic amines is 1. The highest BCUT2D eigenvalue weighted by molar-refractivity contribution is 6.00. The number of methoxy groups -OCH3 is 2. The van der Waals surface area contributed by atoms with Gasteiger partial charge in [0.05, 0.1) is 30.8 Å². The van der Waals surface area contributed by atoms with Crippen LogP contribution in [0.3, 0.4) is 0 Å². The topological polar surface area (TPSA) is 80.4 Å². The lowest BCUT2D eigenvalue weighted by Gasteiger charge is -2.13. The third-order valence-electron chi connectivity index (χ3n) is 3.03. The zero-order chi connectivity index (χ0) is 15.7. The van der Waals surface area contributed by atoms with Gasteiger partial charge < -0.3 is 19.8 Å². The van der Waals surface area contributed by atoms with Crippen LogP contribution >= 0.6 is 0 Å². The Kier molecular flexibility index (Phi) is 3.79. The summed E-state index contributed by atoms with van der Waals surface area (Å²) in [6.07, 6.45) is 1.07. The van der Waals surface area contributed by atoms with E-state index in [2.05, 4.69) is 15.0 Å². The average Bonchev–Trinajstić information content (AvgIpc) is 2.49. The summed E-state index contributed by atoms with van der Waals surface area (Å²) in [7, 11) is 3.58. The minimum absolute atomic E-state index is 0.0570. The van der Waals surface area contributed by atoms with Gasteiger partial charge in [-0.05, 0) is 0 Å². The number of pyridine rings is 1. The zero-order valence-electron chi connectivity index (χ0n) is 11.5. The first-order chi connectivity index (χ1) is 9.97. The smallest absolute Gasteiger partial charge is 0.343 e. The lowest BCUT2D eigenvalue weighted by molar-refractivity contribution is 0.0599. The van der Waals surface area contributed by atoms with Gasteiger partial charge >= 0.3 is 5.97 Å². The van der Waals surface area contributed by atoms with E-state index in [9.17, 15) is 18.4 Å². The zero-order valence-corrected chi connectivity index (χ0v) is 11.5. The van der Waals surface area contributed by atoms with Crippen LogP contribution in [-0.2, 0) is 4.74 Å². The van der Waals surface area contributed by atoms with E-state index in [-0.39, 0.29) is 22.2 Å². The van der Waals surface area contributed by atoms with Crippen molar-refractivity contribution in [3.63, 3.8) is 0 Å². The highest BCUT2D eigenvalue weighted by Crippen LogP contribution is 2.34. The summed E-state index contributed by atoms with van der Waals surface area (Å²) in [5, 5.41) is 2.19. The number of fused-ring (bicyclic) bond motifs is 1. The van der Waals surface area contributed by atoms with Gasteiger partial charge in [0.2, 0.25) is 11.2 Å². The van der Waals surface area contributed by atoms with E-state index in [1.165, 1.54) is 7.05 Å². The van der Waals surface area contributed by atoms with Crippen LogP contribution in [0.15, 0.2) is 11.0 Å². The molecule has 0 bridgehead atoms. The number of H-pyrrole nitrogens is 1. The molecule has 6 nitrogen and oxygen atoms in total. The van der Waals surface area contributed by atoms with Crippen LogP contribution < -0.4 is 15.5 Å². The first kappa shape index (κ1) is 14.8. The highest BCUT2D eigenvalue weighted by Gasteiger charge is 2.25. The second-order valence-corrected chi connectivity index (χ2v) is 4.06. The monoisotopic (exact) mass is 298 g/mol. The van der Waals surface area contributed by atoms with Crippen molar-refractivity contribution < 1.29 is 23.0 Å². The first-order valence-corrected chi connectivity index (χ1v) is 5.84. The van der Waals surface area contributed by atoms with Crippen molar-refractivity contribution in [2.24, 2.45) is 0 Å². The molecule has 112 valence electrons. The molecule has 1 aromatic heterocycles. The van der Waals surface area contributed by atoms with Crippen LogP contribution in [0.1, 0.15) is 10.4 Å². The minimum atomic E-state index is -1.27. The molecule has 21 heavy (non-hydrogen) atoms. The number of rotatable bonds is 3. The lowest BCUT2D eigenvalue weighted by atomic mass is 10.1. The summed E-state index contributed by atoms with van der Waals surface area (Å²) in [4.78, 5) is 26.4. The van der Waals surface area contributed by atoms with Crippen molar-refractivity contribution in [2.75, 3.05) is 26.6 Å². The summed E-state index contributed by atoms with van der Waals surface area (Å²) < 4.78 is 37.1. The molecule has 0 aliphatic heterocycles. The van der Waals surface area contributed by atoms with E-state index in [0.717, 1.165) is 20.4 Å². The van der Waals surface area contributed by atoms with E-state index < -0.39 is 28.8 Å². The molecule has 2 N–H and O–H groups in total. The third kappa shape index (κ3) is 2.08. The molecule has 0 unspecified atom stereocenters. The summed E-state index contributed by atoms with van der Waals surface area (Å²) >= 11 is 0. The molecule has 0 aliphatic carbocycles. The normalized spacial score (nSPS) is 10.5. The van der Waals surface area contributed by atoms with E-state index in [1.807, 2.05) is 0 Å². The van der Waals surface area contributed by atoms with Gasteiger partial charge in [0.25, 0.3) is 0 Å². The Balaban J connectivity index is 3.02. The molecule has 1 heterocycles. The highest BCUT2D eigenvalue weighted by atomic mass is 19.2. The fraction of sp³-hybridized carbons (Fsp3) is 0.231. The number of carbonyl (C=O) groups is 1.